The number of carbonyl (C=O) groups excluding carboxylic acids is 1. The first kappa shape index (κ1) is 15.4. The number of hydrogen-bond acceptors (Lipinski definition) is 3. The first-order valence-electron chi connectivity index (χ1n) is 6.16. The highest BCUT2D eigenvalue weighted by atomic mass is 79.9. The minimum atomic E-state index is -2.98. The Labute approximate surface area is 128 Å². The van der Waals surface area contributed by atoms with Gasteiger partial charge in [0.25, 0.3) is 5.91 Å². The molecule has 0 spiro atoms. The van der Waals surface area contributed by atoms with E-state index in [9.17, 15) is 13.6 Å². The standard InChI is InChI=1S/C14H11BrF2N2O2/c15-10-1-4-12(21-14(16)17)8(6-10)5-9(7-18)13(20)19-11-2-3-11/h1,4-6,11,14H,2-3H2,(H,19,20)/b9-5+. The maximum atomic E-state index is 12.4. The Morgan fingerprint density at radius 1 is 1.52 bits per heavy atom. The number of rotatable bonds is 5. The zero-order chi connectivity index (χ0) is 15.4. The summed E-state index contributed by atoms with van der Waals surface area (Å²) in [6.07, 6.45) is 3.02. The van der Waals surface area contributed by atoms with Crippen molar-refractivity contribution in [3.63, 3.8) is 0 Å². The van der Waals surface area contributed by atoms with Crippen molar-refractivity contribution in [2.45, 2.75) is 25.5 Å². The third kappa shape index (κ3) is 4.53. The molecule has 7 heteroatoms. The number of alkyl halides is 2. The van der Waals surface area contributed by atoms with E-state index in [0.717, 1.165) is 12.8 Å². The number of nitrogens with one attached hydrogen (secondary N) is 1. The highest BCUT2D eigenvalue weighted by Gasteiger charge is 2.25. The van der Waals surface area contributed by atoms with Gasteiger partial charge in [0.2, 0.25) is 0 Å². The zero-order valence-electron chi connectivity index (χ0n) is 10.8. The van der Waals surface area contributed by atoms with Gasteiger partial charge < -0.3 is 10.1 Å². The molecule has 110 valence electrons. The topological polar surface area (TPSA) is 62.1 Å². The minimum Gasteiger partial charge on any atom is -0.434 e. The predicted molar refractivity (Wildman–Crippen MR) is 75.5 cm³/mol. The molecule has 1 aromatic carbocycles. The number of ether oxygens (including phenoxy) is 1. The molecule has 0 heterocycles. The highest BCUT2D eigenvalue weighted by molar-refractivity contribution is 9.10. The van der Waals surface area contributed by atoms with Gasteiger partial charge in [-0.1, -0.05) is 15.9 Å². The fourth-order valence-electron chi connectivity index (χ4n) is 1.63. The summed E-state index contributed by atoms with van der Waals surface area (Å²) in [6.45, 7) is -2.98. The van der Waals surface area contributed by atoms with Gasteiger partial charge >= 0.3 is 6.61 Å². The van der Waals surface area contributed by atoms with Crippen LogP contribution in [0.4, 0.5) is 8.78 Å². The molecular weight excluding hydrogens is 346 g/mol. The Kier molecular flexibility index (Phi) is 4.91. The monoisotopic (exact) mass is 356 g/mol. The molecule has 1 aromatic rings. The van der Waals surface area contributed by atoms with Crippen molar-refractivity contribution in [3.05, 3.63) is 33.8 Å². The van der Waals surface area contributed by atoms with Gasteiger partial charge in [-0.3, -0.25) is 4.79 Å². The first-order chi connectivity index (χ1) is 9.99. The number of amides is 1. The molecule has 0 radical (unpaired) electrons. The quantitative estimate of drug-likeness (QED) is 0.650. The highest BCUT2D eigenvalue weighted by Crippen LogP contribution is 2.27. The summed E-state index contributed by atoms with van der Waals surface area (Å²) in [7, 11) is 0. The van der Waals surface area contributed by atoms with Gasteiger partial charge in [-0.25, -0.2) is 0 Å². The minimum absolute atomic E-state index is 0.0971. The third-order valence-electron chi connectivity index (χ3n) is 2.77. The number of nitrogens with zero attached hydrogens (tertiary/aromatic N) is 1. The van der Waals surface area contributed by atoms with Crippen LogP contribution in [0.3, 0.4) is 0 Å². The molecule has 0 aromatic heterocycles. The average Bonchev–Trinajstić information content (AvgIpc) is 3.22. The largest absolute Gasteiger partial charge is 0.434 e. The second-order valence-electron chi connectivity index (χ2n) is 4.48. The number of halogens is 3. The van der Waals surface area contributed by atoms with Crippen molar-refractivity contribution >= 4 is 27.9 Å². The molecule has 1 aliphatic carbocycles. The van der Waals surface area contributed by atoms with Crippen molar-refractivity contribution in [1.82, 2.24) is 5.32 Å². The summed E-state index contributed by atoms with van der Waals surface area (Å²) in [5, 5.41) is 11.7. The Morgan fingerprint density at radius 2 is 2.24 bits per heavy atom. The normalized spacial score (nSPS) is 14.7. The first-order valence-corrected chi connectivity index (χ1v) is 6.96. The van der Waals surface area contributed by atoms with E-state index in [1.54, 1.807) is 6.07 Å². The van der Waals surface area contributed by atoms with Gasteiger partial charge in [-0.05, 0) is 37.1 Å². The molecule has 0 unspecified atom stereocenters. The molecule has 1 fully saturated rings. The number of benzene rings is 1. The molecule has 4 nitrogen and oxygen atoms in total. The molecule has 21 heavy (non-hydrogen) atoms. The Balaban J connectivity index is 2.29. The molecule has 1 amide bonds. The van der Waals surface area contributed by atoms with Gasteiger partial charge in [0.1, 0.15) is 17.4 Å². The van der Waals surface area contributed by atoms with Crippen LogP contribution in [-0.4, -0.2) is 18.6 Å². The average molecular weight is 357 g/mol. The molecule has 0 saturated heterocycles. The zero-order valence-corrected chi connectivity index (χ0v) is 12.4. The lowest BCUT2D eigenvalue weighted by molar-refractivity contribution is -0.117. The van der Waals surface area contributed by atoms with Gasteiger partial charge in [0.15, 0.2) is 0 Å². The predicted octanol–water partition coefficient (Wildman–Crippen LogP) is 3.24. The van der Waals surface area contributed by atoms with Crippen molar-refractivity contribution in [2.75, 3.05) is 0 Å². The van der Waals surface area contributed by atoms with E-state index in [-0.39, 0.29) is 22.9 Å². The molecule has 1 saturated carbocycles. The van der Waals surface area contributed by atoms with E-state index in [2.05, 4.69) is 26.0 Å². The lowest BCUT2D eigenvalue weighted by Gasteiger charge is -2.09. The fourth-order valence-corrected chi connectivity index (χ4v) is 2.01. The summed E-state index contributed by atoms with van der Waals surface area (Å²) in [6, 6.07) is 6.25. The number of nitriles is 1. The van der Waals surface area contributed by atoms with Crippen molar-refractivity contribution < 1.29 is 18.3 Å². The molecule has 0 aliphatic heterocycles. The second kappa shape index (κ2) is 6.68. The summed E-state index contributed by atoms with van der Waals surface area (Å²) < 4.78 is 29.7. The van der Waals surface area contributed by atoms with E-state index in [1.807, 2.05) is 0 Å². The van der Waals surface area contributed by atoms with E-state index in [4.69, 9.17) is 5.26 Å². The maximum Gasteiger partial charge on any atom is 0.387 e. The van der Waals surface area contributed by atoms with E-state index in [0.29, 0.717) is 4.47 Å². The number of hydrogen-bond donors (Lipinski definition) is 1. The van der Waals surface area contributed by atoms with E-state index in [1.165, 1.54) is 24.3 Å². The van der Waals surface area contributed by atoms with Crippen molar-refractivity contribution in [3.8, 4) is 11.8 Å². The Morgan fingerprint density at radius 3 is 2.81 bits per heavy atom. The van der Waals surface area contributed by atoms with Crippen molar-refractivity contribution in [2.24, 2.45) is 0 Å². The molecule has 1 aliphatic rings. The van der Waals surface area contributed by atoms with E-state index >= 15 is 0 Å². The van der Waals surface area contributed by atoms with Gasteiger partial charge in [0.05, 0.1) is 0 Å². The van der Waals surface area contributed by atoms with Gasteiger partial charge in [-0.15, -0.1) is 0 Å². The Bertz CT molecular complexity index is 622. The van der Waals surface area contributed by atoms with Crippen LogP contribution in [0.1, 0.15) is 18.4 Å². The molecule has 0 bridgehead atoms. The van der Waals surface area contributed by atoms with Crippen LogP contribution in [0, 0.1) is 11.3 Å². The summed E-state index contributed by atoms with van der Waals surface area (Å²) >= 11 is 3.21. The SMILES string of the molecule is N#C/C(=C\c1cc(Br)ccc1OC(F)F)C(=O)NC1CC1. The van der Waals surface area contributed by atoms with Crippen LogP contribution in [0.2, 0.25) is 0 Å². The fraction of sp³-hybridized carbons (Fsp3) is 0.286. The van der Waals surface area contributed by atoms with Crippen LogP contribution in [0.25, 0.3) is 6.08 Å². The molecular formula is C14H11BrF2N2O2. The van der Waals surface area contributed by atoms with E-state index < -0.39 is 12.5 Å². The van der Waals surface area contributed by atoms with Crippen LogP contribution < -0.4 is 10.1 Å². The maximum absolute atomic E-state index is 12.4. The lowest BCUT2D eigenvalue weighted by atomic mass is 10.1. The van der Waals surface area contributed by atoms with Crippen LogP contribution >= 0.6 is 15.9 Å². The summed E-state index contributed by atoms with van der Waals surface area (Å²) in [4.78, 5) is 11.8. The second-order valence-corrected chi connectivity index (χ2v) is 5.39. The molecule has 2 rings (SSSR count). The molecule has 0 atom stereocenters. The molecule has 1 N–H and O–H groups in total. The Hall–Kier alpha value is -1.94. The third-order valence-corrected chi connectivity index (χ3v) is 3.26. The number of carbonyl (C=O) groups is 1. The van der Waals surface area contributed by atoms with Crippen molar-refractivity contribution in [1.29, 1.82) is 5.26 Å². The van der Waals surface area contributed by atoms with Crippen LogP contribution in [-0.2, 0) is 4.79 Å². The lowest BCUT2D eigenvalue weighted by Crippen LogP contribution is -2.26. The van der Waals surface area contributed by atoms with Crippen LogP contribution in [0.15, 0.2) is 28.2 Å². The smallest absolute Gasteiger partial charge is 0.387 e. The summed E-state index contributed by atoms with van der Waals surface area (Å²) in [5.41, 5.74) is 0.0753. The van der Waals surface area contributed by atoms with Gasteiger partial charge in [-0.2, -0.15) is 14.0 Å². The summed E-state index contributed by atoms with van der Waals surface area (Å²) in [5.74, 6) is -0.608. The van der Waals surface area contributed by atoms with Gasteiger partial charge in [0, 0.05) is 16.1 Å². The van der Waals surface area contributed by atoms with Crippen LogP contribution in [0.5, 0.6) is 5.75 Å².